The number of H-pyrrole nitrogens is 1. The third kappa shape index (κ3) is 4.82. The smallest absolute Gasteiger partial charge is 0.245 e. The Kier molecular flexibility index (Phi) is 6.07. The molecule has 1 saturated heterocycles. The number of nitrogens with one attached hydrogen (secondary N) is 3. The zero-order chi connectivity index (χ0) is 23.5. The highest BCUT2D eigenvalue weighted by Gasteiger charge is 2.26. The summed E-state index contributed by atoms with van der Waals surface area (Å²) < 4.78 is 14.0. The largest absolute Gasteiger partial charge is 0.337 e. The van der Waals surface area contributed by atoms with Crippen LogP contribution in [0.15, 0.2) is 42.7 Å². The van der Waals surface area contributed by atoms with E-state index >= 15 is 0 Å². The van der Waals surface area contributed by atoms with Gasteiger partial charge in [-0.2, -0.15) is 14.5 Å². The Morgan fingerprint density at radius 3 is 2.82 bits per heavy atom. The summed E-state index contributed by atoms with van der Waals surface area (Å²) in [7, 11) is 0. The summed E-state index contributed by atoms with van der Waals surface area (Å²) in [5.41, 5.74) is 2.66. The van der Waals surface area contributed by atoms with Crippen LogP contribution < -0.4 is 15.5 Å². The van der Waals surface area contributed by atoms with Gasteiger partial charge in [-0.05, 0) is 56.9 Å². The lowest BCUT2D eigenvalue weighted by Gasteiger charge is -2.21. The fourth-order valence-electron chi connectivity index (χ4n) is 4.02. The number of nitrogens with zero attached hydrogens (tertiary/aromatic N) is 6. The van der Waals surface area contributed by atoms with Crippen LogP contribution in [0.2, 0.25) is 0 Å². The minimum atomic E-state index is -0.559. The SMILES string of the molecule is CC1CCCN1c1nc(Nc2cc(C3CC3)[nH]n2)c2cccn2n1.O=CNc1ccc(F)nc1. The monoisotopic (exact) mass is 463 g/mol. The van der Waals surface area contributed by atoms with Gasteiger partial charge in [0.1, 0.15) is 5.52 Å². The fourth-order valence-corrected chi connectivity index (χ4v) is 4.02. The van der Waals surface area contributed by atoms with Crippen LogP contribution in [0.5, 0.6) is 0 Å². The summed E-state index contributed by atoms with van der Waals surface area (Å²) in [5.74, 6) is 2.51. The van der Waals surface area contributed by atoms with Gasteiger partial charge >= 0.3 is 0 Å². The molecule has 1 aliphatic carbocycles. The van der Waals surface area contributed by atoms with Crippen LogP contribution in [0.25, 0.3) is 5.52 Å². The van der Waals surface area contributed by atoms with E-state index in [9.17, 15) is 9.18 Å². The maximum absolute atomic E-state index is 12.1. The van der Waals surface area contributed by atoms with Crippen LogP contribution in [0, 0.1) is 5.95 Å². The molecule has 0 radical (unpaired) electrons. The van der Waals surface area contributed by atoms with Crippen molar-refractivity contribution in [2.45, 2.75) is 44.6 Å². The Bertz CT molecular complexity index is 1270. The van der Waals surface area contributed by atoms with Crippen LogP contribution in [-0.4, -0.2) is 48.8 Å². The Labute approximate surface area is 195 Å². The van der Waals surface area contributed by atoms with Crippen molar-refractivity contribution in [1.82, 2.24) is 29.8 Å². The molecule has 11 heteroatoms. The highest BCUT2D eigenvalue weighted by Crippen LogP contribution is 2.39. The van der Waals surface area contributed by atoms with E-state index in [4.69, 9.17) is 4.98 Å². The summed E-state index contributed by atoms with van der Waals surface area (Å²) in [5, 5.41) is 17.9. The average molecular weight is 464 g/mol. The van der Waals surface area contributed by atoms with Gasteiger partial charge in [-0.1, -0.05) is 0 Å². The Morgan fingerprint density at radius 1 is 1.24 bits per heavy atom. The number of hydrogen-bond acceptors (Lipinski definition) is 7. The van der Waals surface area contributed by atoms with E-state index < -0.39 is 5.95 Å². The molecule has 176 valence electrons. The summed E-state index contributed by atoms with van der Waals surface area (Å²) >= 11 is 0. The Hall–Kier alpha value is -4.02. The zero-order valence-electron chi connectivity index (χ0n) is 18.8. The summed E-state index contributed by atoms with van der Waals surface area (Å²) in [6.45, 7) is 3.25. The highest BCUT2D eigenvalue weighted by molar-refractivity contribution is 5.73. The van der Waals surface area contributed by atoms with Crippen molar-refractivity contribution in [2.24, 2.45) is 0 Å². The lowest BCUT2D eigenvalue weighted by Crippen LogP contribution is -2.29. The van der Waals surface area contributed by atoms with Gasteiger partial charge in [-0.3, -0.25) is 9.89 Å². The van der Waals surface area contributed by atoms with Crippen LogP contribution in [0.1, 0.15) is 44.2 Å². The predicted octanol–water partition coefficient (Wildman–Crippen LogP) is 3.85. The minimum Gasteiger partial charge on any atom is -0.337 e. The Balaban J connectivity index is 0.000000204. The topological polar surface area (TPSA) is 116 Å². The third-order valence-electron chi connectivity index (χ3n) is 6.00. The fraction of sp³-hybridized carbons (Fsp3) is 0.348. The number of halogens is 1. The molecule has 1 amide bonds. The number of carbonyl (C=O) groups is 1. The molecule has 3 N–H and O–H groups in total. The van der Waals surface area contributed by atoms with E-state index in [1.807, 2.05) is 22.8 Å². The maximum Gasteiger partial charge on any atom is 0.245 e. The van der Waals surface area contributed by atoms with Gasteiger partial charge < -0.3 is 15.5 Å². The van der Waals surface area contributed by atoms with Gasteiger partial charge in [-0.25, -0.2) is 9.50 Å². The van der Waals surface area contributed by atoms with E-state index in [0.29, 0.717) is 24.1 Å². The highest BCUT2D eigenvalue weighted by atomic mass is 19.1. The molecular formula is C23H26FN9O. The van der Waals surface area contributed by atoms with Gasteiger partial charge in [0.05, 0.1) is 11.9 Å². The first kappa shape index (κ1) is 21.8. The number of hydrogen-bond donors (Lipinski definition) is 3. The van der Waals surface area contributed by atoms with Gasteiger partial charge in [-0.15, -0.1) is 5.10 Å². The summed E-state index contributed by atoms with van der Waals surface area (Å²) in [6.07, 6.45) is 8.62. The van der Waals surface area contributed by atoms with Gasteiger partial charge in [0, 0.05) is 36.5 Å². The molecule has 5 heterocycles. The number of amides is 1. The van der Waals surface area contributed by atoms with Gasteiger partial charge in [0.25, 0.3) is 0 Å². The van der Waals surface area contributed by atoms with Crippen LogP contribution in [-0.2, 0) is 4.79 Å². The number of fused-ring (bicyclic) bond motifs is 1. The van der Waals surface area contributed by atoms with Crippen molar-refractivity contribution in [3.05, 3.63) is 54.4 Å². The van der Waals surface area contributed by atoms with Crippen molar-refractivity contribution < 1.29 is 9.18 Å². The lowest BCUT2D eigenvalue weighted by atomic mass is 10.2. The molecule has 1 unspecified atom stereocenters. The minimum absolute atomic E-state index is 0.483. The predicted molar refractivity (Wildman–Crippen MR) is 127 cm³/mol. The normalized spacial score (nSPS) is 17.4. The number of pyridine rings is 1. The summed E-state index contributed by atoms with van der Waals surface area (Å²) in [6, 6.07) is 9.19. The zero-order valence-corrected chi connectivity index (χ0v) is 18.8. The van der Waals surface area contributed by atoms with Crippen LogP contribution >= 0.6 is 0 Å². The second-order valence-corrected chi connectivity index (χ2v) is 8.52. The molecule has 6 rings (SSSR count). The second kappa shape index (κ2) is 9.46. The van der Waals surface area contributed by atoms with E-state index in [0.717, 1.165) is 29.6 Å². The first-order valence-corrected chi connectivity index (χ1v) is 11.4. The molecule has 34 heavy (non-hydrogen) atoms. The van der Waals surface area contributed by atoms with E-state index in [-0.39, 0.29) is 0 Å². The molecule has 4 aromatic rings. The van der Waals surface area contributed by atoms with Gasteiger partial charge in [0.2, 0.25) is 18.3 Å². The molecule has 2 aliphatic rings. The van der Waals surface area contributed by atoms with Crippen molar-refractivity contribution in [1.29, 1.82) is 0 Å². The van der Waals surface area contributed by atoms with E-state index in [2.05, 4.69) is 48.8 Å². The molecule has 0 bridgehead atoms. The van der Waals surface area contributed by atoms with Crippen molar-refractivity contribution in [3.8, 4) is 0 Å². The van der Waals surface area contributed by atoms with Crippen LogP contribution in [0.4, 0.5) is 27.7 Å². The van der Waals surface area contributed by atoms with E-state index in [1.54, 1.807) is 0 Å². The molecule has 1 saturated carbocycles. The molecule has 10 nitrogen and oxygen atoms in total. The first-order valence-electron chi connectivity index (χ1n) is 11.4. The molecule has 0 aromatic carbocycles. The number of aromatic nitrogens is 6. The molecule has 1 atom stereocenters. The number of carbonyl (C=O) groups excluding carboxylic acids is 1. The quantitative estimate of drug-likeness (QED) is 0.294. The second-order valence-electron chi connectivity index (χ2n) is 8.52. The molecule has 1 aliphatic heterocycles. The maximum atomic E-state index is 12.1. The number of rotatable bonds is 6. The van der Waals surface area contributed by atoms with Crippen LogP contribution in [0.3, 0.4) is 0 Å². The van der Waals surface area contributed by atoms with Crippen molar-refractivity contribution in [3.63, 3.8) is 0 Å². The molecule has 4 aromatic heterocycles. The van der Waals surface area contributed by atoms with E-state index in [1.165, 1.54) is 49.7 Å². The van der Waals surface area contributed by atoms with Gasteiger partial charge in [0.15, 0.2) is 11.6 Å². The van der Waals surface area contributed by atoms with Crippen molar-refractivity contribution in [2.75, 3.05) is 22.1 Å². The number of anilines is 4. The molecule has 0 spiro atoms. The third-order valence-corrected chi connectivity index (χ3v) is 6.00. The average Bonchev–Trinajstić information content (AvgIpc) is 3.20. The first-order chi connectivity index (χ1) is 16.6. The Morgan fingerprint density at radius 2 is 2.12 bits per heavy atom. The summed E-state index contributed by atoms with van der Waals surface area (Å²) in [4.78, 5) is 20.2. The molecular weight excluding hydrogens is 437 g/mol. The standard InChI is InChI=1S/C17H21N7.C6H5FN2O/c1-11-4-2-8-23(11)17-19-16(14-5-3-9-24(14)22-17)18-15-10-13(20-21-15)12-6-7-12;7-6-2-1-5(3-8-6)9-4-10/h3,5,9-12H,2,4,6-8H2,1H3,(H2,18,19,20,21,22);1-4H,(H,9,10). The lowest BCUT2D eigenvalue weighted by molar-refractivity contribution is -0.105. The molecule has 2 fully saturated rings. The van der Waals surface area contributed by atoms with Crippen molar-refractivity contribution >= 4 is 35.2 Å². The number of aromatic amines is 1.